The van der Waals surface area contributed by atoms with Gasteiger partial charge in [0.25, 0.3) is 0 Å². The smallest absolute Gasteiger partial charge is 0.247 e. The van der Waals surface area contributed by atoms with Crippen LogP contribution in [0.3, 0.4) is 0 Å². The lowest BCUT2D eigenvalue weighted by molar-refractivity contribution is -0.111. The molecule has 1 amide bonds. The molecule has 1 aromatic carbocycles. The zero-order valence-electron chi connectivity index (χ0n) is 17.5. The topological polar surface area (TPSA) is 49.3 Å². The molecular formula is C23H37NO2. The van der Waals surface area contributed by atoms with Crippen molar-refractivity contribution in [3.05, 3.63) is 35.9 Å². The molecule has 0 radical (unpaired) electrons. The highest BCUT2D eigenvalue weighted by Crippen LogP contribution is 2.44. The van der Waals surface area contributed by atoms with Crippen LogP contribution in [-0.4, -0.2) is 11.0 Å². The second kappa shape index (κ2) is 9.25. The van der Waals surface area contributed by atoms with Gasteiger partial charge in [0.2, 0.25) is 5.91 Å². The maximum atomic E-state index is 11.8. The van der Waals surface area contributed by atoms with Crippen molar-refractivity contribution in [2.45, 2.75) is 90.9 Å². The zero-order chi connectivity index (χ0) is 20.0. The molecule has 0 bridgehead atoms. The number of phenolic OH excluding ortho intramolecular Hbond substituents is 1. The van der Waals surface area contributed by atoms with Gasteiger partial charge < -0.3 is 10.4 Å². The summed E-state index contributed by atoms with van der Waals surface area (Å²) in [5, 5.41) is 14.0. The lowest BCUT2D eigenvalue weighted by Crippen LogP contribution is -2.23. The number of carbonyl (C=O) groups excluding carboxylic acids is 1. The highest BCUT2D eigenvalue weighted by atomic mass is 16.3. The van der Waals surface area contributed by atoms with Crippen molar-refractivity contribution < 1.29 is 9.90 Å². The molecule has 1 rings (SSSR count). The molecule has 0 atom stereocenters. The average Bonchev–Trinajstić information content (AvgIpc) is 2.59. The van der Waals surface area contributed by atoms with Gasteiger partial charge in [0, 0.05) is 16.8 Å². The van der Waals surface area contributed by atoms with Crippen molar-refractivity contribution in [3.63, 3.8) is 0 Å². The molecule has 0 heterocycles. The Hall–Kier alpha value is -1.77. The lowest BCUT2D eigenvalue weighted by atomic mass is 9.74. The van der Waals surface area contributed by atoms with Gasteiger partial charge in [0.15, 0.2) is 0 Å². The molecule has 0 spiro atoms. The van der Waals surface area contributed by atoms with E-state index < -0.39 is 0 Å². The molecule has 0 unspecified atom stereocenters. The van der Waals surface area contributed by atoms with Gasteiger partial charge in [-0.05, 0) is 41.9 Å². The van der Waals surface area contributed by atoms with Crippen molar-refractivity contribution in [2.75, 3.05) is 5.32 Å². The number of benzene rings is 1. The van der Waals surface area contributed by atoms with Crippen LogP contribution in [0.15, 0.2) is 24.8 Å². The maximum absolute atomic E-state index is 11.8. The number of carbonyl (C=O) groups is 1. The summed E-state index contributed by atoms with van der Waals surface area (Å²) in [7, 11) is 0. The molecule has 0 aromatic heterocycles. The van der Waals surface area contributed by atoms with Crippen molar-refractivity contribution in [1.29, 1.82) is 0 Å². The summed E-state index contributed by atoms with van der Waals surface area (Å²) in [5.41, 5.74) is 2.22. The SMILES string of the molecule is C=CC(=O)Nc1cc(C(C)(C)CCCC)c(O)c(C(C)(C)CCCC)c1. The first-order valence-corrected chi connectivity index (χ1v) is 9.90. The fourth-order valence-electron chi connectivity index (χ4n) is 3.44. The van der Waals surface area contributed by atoms with E-state index in [2.05, 4.69) is 53.4 Å². The minimum atomic E-state index is -0.231. The van der Waals surface area contributed by atoms with Crippen molar-refractivity contribution in [2.24, 2.45) is 0 Å². The van der Waals surface area contributed by atoms with Gasteiger partial charge in [-0.25, -0.2) is 0 Å². The van der Waals surface area contributed by atoms with Crippen LogP contribution < -0.4 is 5.32 Å². The summed E-state index contributed by atoms with van der Waals surface area (Å²) >= 11 is 0. The number of anilines is 1. The second-order valence-electron chi connectivity index (χ2n) is 8.59. The maximum Gasteiger partial charge on any atom is 0.247 e. The molecule has 146 valence electrons. The number of hydrogen-bond donors (Lipinski definition) is 2. The van der Waals surface area contributed by atoms with Crippen molar-refractivity contribution >= 4 is 11.6 Å². The first-order valence-electron chi connectivity index (χ1n) is 9.90. The third-order valence-electron chi connectivity index (χ3n) is 5.33. The molecule has 1 aromatic rings. The predicted molar refractivity (Wildman–Crippen MR) is 112 cm³/mol. The van der Waals surface area contributed by atoms with Crippen LogP contribution >= 0.6 is 0 Å². The van der Waals surface area contributed by atoms with E-state index in [9.17, 15) is 9.90 Å². The molecule has 0 fully saturated rings. The number of aromatic hydroxyl groups is 1. The summed E-state index contributed by atoms with van der Waals surface area (Å²) < 4.78 is 0. The van der Waals surface area contributed by atoms with Crippen LogP contribution in [0.4, 0.5) is 5.69 Å². The van der Waals surface area contributed by atoms with Gasteiger partial charge >= 0.3 is 0 Å². The van der Waals surface area contributed by atoms with E-state index in [4.69, 9.17) is 0 Å². The summed E-state index contributed by atoms with van der Waals surface area (Å²) in [5.74, 6) is 0.147. The van der Waals surface area contributed by atoms with Gasteiger partial charge in [0.1, 0.15) is 5.75 Å². The van der Waals surface area contributed by atoms with Crippen LogP contribution in [0, 0.1) is 0 Å². The molecule has 0 saturated heterocycles. The molecule has 0 aliphatic rings. The van der Waals surface area contributed by atoms with E-state index in [0.717, 1.165) is 55.3 Å². The van der Waals surface area contributed by atoms with Crippen molar-refractivity contribution in [1.82, 2.24) is 0 Å². The number of amides is 1. The molecule has 26 heavy (non-hydrogen) atoms. The Morgan fingerprint density at radius 1 is 1.04 bits per heavy atom. The van der Waals surface area contributed by atoms with E-state index in [0.29, 0.717) is 5.75 Å². The Morgan fingerprint density at radius 2 is 1.46 bits per heavy atom. The lowest BCUT2D eigenvalue weighted by Gasteiger charge is -2.32. The van der Waals surface area contributed by atoms with E-state index in [1.54, 1.807) is 0 Å². The standard InChI is InChI=1S/C23H37NO2/c1-8-11-13-22(4,5)18-15-17(24-20(25)10-3)16-19(21(18)26)23(6,7)14-12-9-2/h10,15-16,26H,3,8-9,11-14H2,1-2,4-7H3,(H,24,25). The Labute approximate surface area is 159 Å². The first-order chi connectivity index (χ1) is 12.1. The number of hydrogen-bond acceptors (Lipinski definition) is 2. The number of unbranched alkanes of at least 4 members (excludes halogenated alkanes) is 2. The molecule has 0 saturated carbocycles. The molecule has 0 aliphatic carbocycles. The average molecular weight is 360 g/mol. The number of phenols is 1. The van der Waals surface area contributed by atoms with Gasteiger partial charge in [-0.3, -0.25) is 4.79 Å². The third kappa shape index (κ3) is 5.62. The molecular weight excluding hydrogens is 322 g/mol. The minimum Gasteiger partial charge on any atom is -0.507 e. The normalized spacial score (nSPS) is 12.1. The predicted octanol–water partition coefficient (Wildman–Crippen LogP) is 6.45. The minimum absolute atomic E-state index is 0.162. The highest BCUT2D eigenvalue weighted by Gasteiger charge is 2.31. The van der Waals surface area contributed by atoms with Crippen molar-refractivity contribution in [3.8, 4) is 5.75 Å². The summed E-state index contributed by atoms with van der Waals surface area (Å²) in [4.78, 5) is 11.8. The van der Waals surface area contributed by atoms with Gasteiger partial charge in [0.05, 0.1) is 0 Å². The molecule has 0 aliphatic heterocycles. The van der Waals surface area contributed by atoms with E-state index >= 15 is 0 Å². The molecule has 3 heteroatoms. The van der Waals surface area contributed by atoms with E-state index in [-0.39, 0.29) is 16.7 Å². The summed E-state index contributed by atoms with van der Waals surface area (Å²) in [6, 6.07) is 3.84. The first kappa shape index (κ1) is 22.3. The van der Waals surface area contributed by atoms with Gasteiger partial charge in [-0.2, -0.15) is 0 Å². The quantitative estimate of drug-likeness (QED) is 0.372. The Balaban J connectivity index is 3.48. The van der Waals surface area contributed by atoms with Gasteiger partial charge in [-0.15, -0.1) is 0 Å². The Morgan fingerprint density at radius 3 is 1.81 bits per heavy atom. The number of nitrogens with one attached hydrogen (secondary N) is 1. The van der Waals surface area contributed by atoms with E-state index in [1.165, 1.54) is 6.08 Å². The largest absolute Gasteiger partial charge is 0.507 e. The zero-order valence-corrected chi connectivity index (χ0v) is 17.5. The summed E-state index contributed by atoms with van der Waals surface area (Å²) in [6.45, 7) is 16.6. The molecule has 3 nitrogen and oxygen atoms in total. The Bertz CT molecular complexity index is 588. The van der Waals surface area contributed by atoms with Crippen LogP contribution in [0.1, 0.15) is 91.2 Å². The van der Waals surface area contributed by atoms with Crippen LogP contribution in [0.2, 0.25) is 0 Å². The monoisotopic (exact) mass is 359 g/mol. The van der Waals surface area contributed by atoms with Gasteiger partial charge in [-0.1, -0.05) is 73.8 Å². The van der Waals surface area contributed by atoms with Crippen LogP contribution in [-0.2, 0) is 15.6 Å². The third-order valence-corrected chi connectivity index (χ3v) is 5.33. The van der Waals surface area contributed by atoms with Crippen LogP contribution in [0.5, 0.6) is 5.75 Å². The number of rotatable bonds is 10. The Kier molecular flexibility index (Phi) is 7.92. The molecule has 2 N–H and O–H groups in total. The summed E-state index contributed by atoms with van der Waals surface area (Å²) in [6.07, 6.45) is 7.69. The van der Waals surface area contributed by atoms with E-state index in [1.807, 2.05) is 12.1 Å². The highest BCUT2D eigenvalue weighted by molar-refractivity contribution is 5.99. The van der Waals surface area contributed by atoms with Crippen LogP contribution in [0.25, 0.3) is 0 Å². The fraction of sp³-hybridized carbons (Fsp3) is 0.609. The second-order valence-corrected chi connectivity index (χ2v) is 8.59. The fourth-order valence-corrected chi connectivity index (χ4v) is 3.44.